The van der Waals surface area contributed by atoms with Gasteiger partial charge in [0, 0.05) is 17.8 Å². The van der Waals surface area contributed by atoms with Crippen molar-refractivity contribution in [1.82, 2.24) is 0 Å². The lowest BCUT2D eigenvalue weighted by atomic mass is 10.1. The van der Waals surface area contributed by atoms with Crippen molar-refractivity contribution in [2.75, 3.05) is 0 Å². The van der Waals surface area contributed by atoms with Crippen LogP contribution in [0.15, 0.2) is 134 Å². The smallest absolute Gasteiger partial charge is 0.120 e. The van der Waals surface area contributed by atoms with E-state index in [1.807, 2.05) is 12.2 Å². The molecule has 4 nitrogen and oxygen atoms in total. The Morgan fingerprint density at radius 3 is 1.79 bits per heavy atom. The molecule has 0 aromatic heterocycles. The Morgan fingerprint density at radius 1 is 0.750 bits per heavy atom. The molecule has 0 heterocycles. The second kappa shape index (κ2) is 11.1. The minimum Gasteiger partial charge on any atom is -0.462 e. The van der Waals surface area contributed by atoms with Crippen LogP contribution in [0.3, 0.4) is 0 Å². The summed E-state index contributed by atoms with van der Waals surface area (Å²) in [6, 6.07) is 0. The van der Waals surface area contributed by atoms with Crippen molar-refractivity contribution < 1.29 is 9.47 Å². The van der Waals surface area contributed by atoms with Gasteiger partial charge in [-0.1, -0.05) is 51.6 Å². The Balaban J connectivity index is 2.49. The van der Waals surface area contributed by atoms with Gasteiger partial charge in [-0.3, -0.25) is 0 Å². The molecular formula is C24H28N2O2. The van der Waals surface area contributed by atoms with Crippen molar-refractivity contribution in [3.05, 3.63) is 134 Å². The van der Waals surface area contributed by atoms with Crippen LogP contribution in [0.25, 0.3) is 0 Å². The summed E-state index contributed by atoms with van der Waals surface area (Å²) in [5.41, 5.74) is 13.8. The molecule has 0 amide bonds. The highest BCUT2D eigenvalue weighted by Gasteiger charge is 2.05. The number of ether oxygens (including phenoxy) is 2. The lowest BCUT2D eigenvalue weighted by molar-refractivity contribution is 0.304. The third-order valence-corrected chi connectivity index (χ3v) is 3.50. The van der Waals surface area contributed by atoms with Gasteiger partial charge in [-0.2, -0.15) is 0 Å². The maximum absolute atomic E-state index is 5.73. The fourth-order valence-electron chi connectivity index (χ4n) is 1.96. The molecule has 0 fully saturated rings. The van der Waals surface area contributed by atoms with Gasteiger partial charge in [-0.25, -0.2) is 0 Å². The summed E-state index contributed by atoms with van der Waals surface area (Å²) in [5, 5.41) is 0. The molecule has 4 N–H and O–H groups in total. The van der Waals surface area contributed by atoms with Gasteiger partial charge in [0.2, 0.25) is 0 Å². The summed E-state index contributed by atoms with van der Waals surface area (Å²) in [6.07, 6.45) is 15.4. The molecule has 146 valence electrons. The van der Waals surface area contributed by atoms with Crippen molar-refractivity contribution >= 4 is 0 Å². The number of hydrogen-bond acceptors (Lipinski definition) is 4. The van der Waals surface area contributed by atoms with Crippen LogP contribution in [-0.2, 0) is 9.47 Å². The molecule has 0 saturated heterocycles. The SMILES string of the molecule is C=C(N)/C=C\C(=C)OC(=C)/C=C\C(=C)C(=C)/C=C\C(=C)OC1=CC=C(N)CC1. The minimum absolute atomic E-state index is 0.396. The maximum atomic E-state index is 5.73. The van der Waals surface area contributed by atoms with Gasteiger partial charge in [0.15, 0.2) is 0 Å². The van der Waals surface area contributed by atoms with E-state index in [1.165, 1.54) is 0 Å². The molecule has 0 aromatic rings. The van der Waals surface area contributed by atoms with Crippen molar-refractivity contribution in [2.24, 2.45) is 11.5 Å². The van der Waals surface area contributed by atoms with Gasteiger partial charge in [0.05, 0.1) is 0 Å². The molecule has 0 aliphatic heterocycles. The van der Waals surface area contributed by atoms with Crippen LogP contribution in [0.4, 0.5) is 0 Å². The van der Waals surface area contributed by atoms with Crippen molar-refractivity contribution in [3.8, 4) is 0 Å². The average Bonchev–Trinajstić information content (AvgIpc) is 2.64. The van der Waals surface area contributed by atoms with Crippen LogP contribution in [0.5, 0.6) is 0 Å². The van der Waals surface area contributed by atoms with E-state index in [-0.39, 0.29) is 0 Å². The second-order valence-corrected chi connectivity index (χ2v) is 6.10. The van der Waals surface area contributed by atoms with Crippen molar-refractivity contribution in [3.63, 3.8) is 0 Å². The van der Waals surface area contributed by atoms with Gasteiger partial charge in [-0.15, -0.1) is 0 Å². The highest BCUT2D eigenvalue weighted by Crippen LogP contribution is 2.19. The molecule has 0 bridgehead atoms. The third kappa shape index (κ3) is 9.15. The van der Waals surface area contributed by atoms with E-state index in [0.29, 0.717) is 34.1 Å². The highest BCUT2D eigenvalue weighted by molar-refractivity contribution is 5.45. The Morgan fingerprint density at radius 2 is 1.29 bits per heavy atom. The van der Waals surface area contributed by atoms with Gasteiger partial charge in [0.25, 0.3) is 0 Å². The molecule has 0 aromatic carbocycles. The average molecular weight is 377 g/mol. The minimum atomic E-state index is 0.396. The van der Waals surface area contributed by atoms with E-state index >= 15 is 0 Å². The molecule has 0 radical (unpaired) electrons. The summed E-state index contributed by atoms with van der Waals surface area (Å²) in [7, 11) is 0. The lowest BCUT2D eigenvalue weighted by Crippen LogP contribution is -2.03. The predicted octanol–water partition coefficient (Wildman–Crippen LogP) is 5.33. The quantitative estimate of drug-likeness (QED) is 0.377. The third-order valence-electron chi connectivity index (χ3n) is 3.50. The summed E-state index contributed by atoms with van der Waals surface area (Å²) >= 11 is 0. The van der Waals surface area contributed by atoms with Gasteiger partial charge in [-0.05, 0) is 54.0 Å². The lowest BCUT2D eigenvalue weighted by Gasteiger charge is -2.13. The van der Waals surface area contributed by atoms with Crippen LogP contribution in [0, 0.1) is 0 Å². The molecule has 1 rings (SSSR count). The first-order valence-corrected chi connectivity index (χ1v) is 8.62. The van der Waals surface area contributed by atoms with Crippen LogP contribution in [0.1, 0.15) is 12.8 Å². The van der Waals surface area contributed by atoms with E-state index in [0.717, 1.165) is 24.3 Å². The number of nitrogens with two attached hydrogens (primary N) is 2. The molecule has 0 spiro atoms. The second-order valence-electron chi connectivity index (χ2n) is 6.10. The summed E-state index contributed by atoms with van der Waals surface area (Å²) in [4.78, 5) is 0. The molecule has 4 heteroatoms. The van der Waals surface area contributed by atoms with E-state index in [2.05, 4.69) is 39.5 Å². The molecule has 0 atom stereocenters. The zero-order valence-corrected chi connectivity index (χ0v) is 16.2. The molecular weight excluding hydrogens is 348 g/mol. The van der Waals surface area contributed by atoms with Gasteiger partial charge >= 0.3 is 0 Å². The van der Waals surface area contributed by atoms with Crippen molar-refractivity contribution in [2.45, 2.75) is 12.8 Å². The van der Waals surface area contributed by atoms with E-state index in [4.69, 9.17) is 20.9 Å². The van der Waals surface area contributed by atoms with Gasteiger partial charge in [0.1, 0.15) is 23.0 Å². The topological polar surface area (TPSA) is 70.5 Å². The summed E-state index contributed by atoms with van der Waals surface area (Å²) < 4.78 is 11.1. The number of hydrogen-bond donors (Lipinski definition) is 2. The monoisotopic (exact) mass is 376 g/mol. The fraction of sp³-hybridized carbons (Fsp3) is 0.0833. The van der Waals surface area contributed by atoms with E-state index < -0.39 is 0 Å². The van der Waals surface area contributed by atoms with Crippen LogP contribution < -0.4 is 11.5 Å². The first kappa shape index (κ1) is 22.4. The maximum Gasteiger partial charge on any atom is 0.120 e. The van der Waals surface area contributed by atoms with Gasteiger partial charge < -0.3 is 20.9 Å². The Labute approximate surface area is 167 Å². The molecule has 1 aliphatic carbocycles. The Bertz CT molecular complexity index is 846. The molecule has 0 saturated carbocycles. The fourth-order valence-corrected chi connectivity index (χ4v) is 1.96. The predicted molar refractivity (Wildman–Crippen MR) is 118 cm³/mol. The molecule has 0 unspecified atom stereocenters. The Hall–Kier alpha value is -3.66. The van der Waals surface area contributed by atoms with Crippen molar-refractivity contribution in [1.29, 1.82) is 0 Å². The normalized spacial score (nSPS) is 13.9. The Kier molecular flexibility index (Phi) is 8.90. The number of rotatable bonds is 11. The van der Waals surface area contributed by atoms with Crippen LogP contribution in [0.2, 0.25) is 0 Å². The highest BCUT2D eigenvalue weighted by atomic mass is 16.5. The zero-order chi connectivity index (χ0) is 21.1. The molecule has 1 aliphatic rings. The van der Waals surface area contributed by atoms with Crippen LogP contribution >= 0.6 is 0 Å². The number of allylic oxidation sites excluding steroid dienone is 12. The van der Waals surface area contributed by atoms with Crippen LogP contribution in [-0.4, -0.2) is 0 Å². The first-order valence-electron chi connectivity index (χ1n) is 8.62. The van der Waals surface area contributed by atoms with E-state index in [9.17, 15) is 0 Å². The van der Waals surface area contributed by atoms with E-state index in [1.54, 1.807) is 36.5 Å². The summed E-state index contributed by atoms with van der Waals surface area (Å²) in [5.74, 6) is 2.14. The summed E-state index contributed by atoms with van der Waals surface area (Å²) in [6.45, 7) is 22.9. The first-order chi connectivity index (χ1) is 13.2. The largest absolute Gasteiger partial charge is 0.462 e. The molecule has 28 heavy (non-hydrogen) atoms. The standard InChI is InChI=1S/C24H28N2O2/c1-17(7-10-20(4)27-21(5)12-9-19(3)25)18(2)8-11-22(6)28-24-15-13-23(26)14-16-24/h7-13,15H,1-6,14,16,25-26H2/b10-7-,11-8-,12-9-. The zero-order valence-electron chi connectivity index (χ0n) is 16.2.